The van der Waals surface area contributed by atoms with Crippen LogP contribution in [0.15, 0.2) is 65.3 Å². The first kappa shape index (κ1) is 19.2. The summed E-state index contributed by atoms with van der Waals surface area (Å²) in [5.74, 6) is 1.49. The molecule has 0 fully saturated rings. The van der Waals surface area contributed by atoms with Crippen molar-refractivity contribution < 1.29 is 23.7 Å². The maximum Gasteiger partial charge on any atom is 0.363 e. The molecule has 6 heteroatoms. The molecule has 0 aliphatic carbocycles. The van der Waals surface area contributed by atoms with E-state index in [4.69, 9.17) is 18.9 Å². The highest BCUT2D eigenvalue weighted by molar-refractivity contribution is 6.13. The molecule has 0 unspecified atom stereocenters. The van der Waals surface area contributed by atoms with Gasteiger partial charge >= 0.3 is 5.97 Å². The van der Waals surface area contributed by atoms with E-state index in [1.807, 2.05) is 19.1 Å². The first-order chi connectivity index (χ1) is 13.5. The van der Waals surface area contributed by atoms with Gasteiger partial charge < -0.3 is 18.9 Å². The second-order valence-electron chi connectivity index (χ2n) is 6.19. The van der Waals surface area contributed by atoms with Gasteiger partial charge in [-0.15, -0.1) is 0 Å². The van der Waals surface area contributed by atoms with Crippen LogP contribution in [0.1, 0.15) is 18.1 Å². The Morgan fingerprint density at radius 3 is 2.54 bits per heavy atom. The SMILES string of the molecule is C=C(C)COc1c(/C=C2/N=C(c3ccc(OC)cc3)OC2=O)cccc1OC. The molecular formula is C22H21NO5. The standard InChI is InChI=1S/C22H21NO5/c1-14(2)13-27-20-16(6-5-7-19(20)26-4)12-18-22(24)28-21(23-18)15-8-10-17(25-3)11-9-15/h5-12H,1,13H2,2-4H3/b18-12+. The third kappa shape index (κ3) is 4.23. The molecule has 1 aliphatic rings. The zero-order chi connectivity index (χ0) is 20.1. The van der Waals surface area contributed by atoms with Gasteiger partial charge in [-0.3, -0.25) is 0 Å². The Kier molecular flexibility index (Phi) is 5.79. The van der Waals surface area contributed by atoms with Crippen LogP contribution in [0.2, 0.25) is 0 Å². The molecule has 0 amide bonds. The Morgan fingerprint density at radius 2 is 1.89 bits per heavy atom. The van der Waals surface area contributed by atoms with Gasteiger partial charge in [0.1, 0.15) is 12.4 Å². The van der Waals surface area contributed by atoms with E-state index in [-0.39, 0.29) is 11.6 Å². The molecule has 0 atom stereocenters. The summed E-state index contributed by atoms with van der Waals surface area (Å²) in [6.45, 7) is 6.04. The Hall–Kier alpha value is -3.54. The summed E-state index contributed by atoms with van der Waals surface area (Å²) in [5.41, 5.74) is 2.39. The zero-order valence-electron chi connectivity index (χ0n) is 16.0. The molecule has 0 spiro atoms. The van der Waals surface area contributed by atoms with Crippen molar-refractivity contribution in [3.8, 4) is 17.2 Å². The highest BCUT2D eigenvalue weighted by Gasteiger charge is 2.25. The van der Waals surface area contributed by atoms with Gasteiger partial charge in [-0.2, -0.15) is 0 Å². The monoisotopic (exact) mass is 379 g/mol. The van der Waals surface area contributed by atoms with E-state index in [0.29, 0.717) is 35.0 Å². The lowest BCUT2D eigenvalue weighted by atomic mass is 10.1. The molecule has 0 radical (unpaired) electrons. The number of aliphatic imine (C=N–C) groups is 1. The predicted octanol–water partition coefficient (Wildman–Crippen LogP) is 4.00. The topological polar surface area (TPSA) is 66.3 Å². The molecule has 0 bridgehead atoms. The Labute approximate surface area is 163 Å². The van der Waals surface area contributed by atoms with Crippen molar-refractivity contribution >= 4 is 17.9 Å². The van der Waals surface area contributed by atoms with Crippen molar-refractivity contribution in [3.05, 3.63) is 71.4 Å². The number of rotatable bonds is 7. The van der Waals surface area contributed by atoms with Crippen molar-refractivity contribution in [2.45, 2.75) is 6.92 Å². The van der Waals surface area contributed by atoms with E-state index in [1.165, 1.54) is 0 Å². The zero-order valence-corrected chi connectivity index (χ0v) is 16.0. The van der Waals surface area contributed by atoms with Crippen molar-refractivity contribution in [1.29, 1.82) is 0 Å². The molecule has 3 rings (SSSR count). The predicted molar refractivity (Wildman–Crippen MR) is 107 cm³/mol. The first-order valence-corrected chi connectivity index (χ1v) is 8.63. The van der Waals surface area contributed by atoms with E-state index in [2.05, 4.69) is 11.6 Å². The molecule has 2 aromatic carbocycles. The molecule has 0 aromatic heterocycles. The molecule has 28 heavy (non-hydrogen) atoms. The fourth-order valence-corrected chi connectivity index (χ4v) is 2.57. The Morgan fingerprint density at radius 1 is 1.14 bits per heavy atom. The van der Waals surface area contributed by atoms with Crippen LogP contribution in [-0.2, 0) is 9.53 Å². The minimum absolute atomic E-state index is 0.180. The highest BCUT2D eigenvalue weighted by Crippen LogP contribution is 2.34. The maximum absolute atomic E-state index is 12.3. The molecule has 1 aliphatic heterocycles. The highest BCUT2D eigenvalue weighted by atomic mass is 16.6. The second kappa shape index (κ2) is 8.43. The minimum atomic E-state index is -0.528. The molecule has 144 valence electrons. The summed E-state index contributed by atoms with van der Waals surface area (Å²) in [6, 6.07) is 12.5. The number of esters is 1. The van der Waals surface area contributed by atoms with Gasteiger partial charge in [0, 0.05) is 11.1 Å². The lowest BCUT2D eigenvalue weighted by Crippen LogP contribution is -2.05. The van der Waals surface area contributed by atoms with E-state index in [1.54, 1.807) is 50.6 Å². The minimum Gasteiger partial charge on any atom is -0.497 e. The average molecular weight is 379 g/mol. The quantitative estimate of drug-likeness (QED) is 0.413. The number of carbonyl (C=O) groups is 1. The number of cyclic esters (lactones) is 1. The molecule has 6 nitrogen and oxygen atoms in total. The summed E-state index contributed by atoms with van der Waals surface area (Å²) >= 11 is 0. The van der Waals surface area contributed by atoms with Crippen LogP contribution < -0.4 is 14.2 Å². The van der Waals surface area contributed by atoms with Gasteiger partial charge in [0.25, 0.3) is 0 Å². The average Bonchev–Trinajstić information content (AvgIpc) is 3.07. The van der Waals surface area contributed by atoms with E-state index < -0.39 is 5.97 Å². The third-order valence-electron chi connectivity index (χ3n) is 3.94. The van der Waals surface area contributed by atoms with Crippen LogP contribution in [-0.4, -0.2) is 32.7 Å². The number of hydrogen-bond donors (Lipinski definition) is 0. The molecular weight excluding hydrogens is 358 g/mol. The van der Waals surface area contributed by atoms with Gasteiger partial charge in [-0.1, -0.05) is 18.7 Å². The fraction of sp³-hybridized carbons (Fsp3) is 0.182. The number of methoxy groups -OCH3 is 2. The van der Waals surface area contributed by atoms with Crippen LogP contribution in [0.25, 0.3) is 6.08 Å². The molecule has 1 heterocycles. The summed E-state index contributed by atoms with van der Waals surface area (Å²) in [5, 5.41) is 0. The van der Waals surface area contributed by atoms with Crippen molar-refractivity contribution in [2.24, 2.45) is 4.99 Å². The number of hydrogen-bond acceptors (Lipinski definition) is 6. The van der Waals surface area contributed by atoms with Crippen LogP contribution in [0.5, 0.6) is 17.2 Å². The van der Waals surface area contributed by atoms with Crippen molar-refractivity contribution in [2.75, 3.05) is 20.8 Å². The molecule has 2 aromatic rings. The molecule has 0 N–H and O–H groups in total. The van der Waals surface area contributed by atoms with Gasteiger partial charge in [-0.25, -0.2) is 9.79 Å². The van der Waals surface area contributed by atoms with Crippen LogP contribution in [0, 0.1) is 0 Å². The lowest BCUT2D eigenvalue weighted by molar-refractivity contribution is -0.129. The maximum atomic E-state index is 12.3. The van der Waals surface area contributed by atoms with Crippen molar-refractivity contribution in [3.63, 3.8) is 0 Å². The van der Waals surface area contributed by atoms with E-state index in [0.717, 1.165) is 5.57 Å². The summed E-state index contributed by atoms with van der Waals surface area (Å²) in [7, 11) is 3.15. The second-order valence-corrected chi connectivity index (χ2v) is 6.19. The third-order valence-corrected chi connectivity index (χ3v) is 3.94. The fourth-order valence-electron chi connectivity index (χ4n) is 2.57. The summed E-state index contributed by atoms with van der Waals surface area (Å²) in [4.78, 5) is 16.6. The first-order valence-electron chi connectivity index (χ1n) is 8.63. The summed E-state index contributed by atoms with van der Waals surface area (Å²) in [6.07, 6.45) is 1.62. The summed E-state index contributed by atoms with van der Waals surface area (Å²) < 4.78 is 21.6. The van der Waals surface area contributed by atoms with Gasteiger partial charge in [0.15, 0.2) is 17.2 Å². The van der Waals surface area contributed by atoms with Crippen LogP contribution >= 0.6 is 0 Å². The number of para-hydroxylation sites is 1. The van der Waals surface area contributed by atoms with Gasteiger partial charge in [0.05, 0.1) is 14.2 Å². The largest absolute Gasteiger partial charge is 0.497 e. The number of benzene rings is 2. The molecule has 0 saturated carbocycles. The lowest BCUT2D eigenvalue weighted by Gasteiger charge is -2.13. The van der Waals surface area contributed by atoms with Gasteiger partial charge in [0.2, 0.25) is 5.90 Å². The van der Waals surface area contributed by atoms with E-state index >= 15 is 0 Å². The number of nitrogens with zero attached hydrogens (tertiary/aromatic N) is 1. The normalized spacial score (nSPS) is 14.5. The van der Waals surface area contributed by atoms with Crippen molar-refractivity contribution in [1.82, 2.24) is 0 Å². The van der Waals surface area contributed by atoms with Gasteiger partial charge in [-0.05, 0) is 48.9 Å². The smallest absolute Gasteiger partial charge is 0.363 e. The van der Waals surface area contributed by atoms with Crippen LogP contribution in [0.4, 0.5) is 0 Å². The Bertz CT molecular complexity index is 957. The van der Waals surface area contributed by atoms with Crippen LogP contribution in [0.3, 0.4) is 0 Å². The Balaban J connectivity index is 1.94. The van der Waals surface area contributed by atoms with E-state index in [9.17, 15) is 4.79 Å². The number of ether oxygens (including phenoxy) is 4. The number of carbonyl (C=O) groups excluding carboxylic acids is 1. The molecule has 0 saturated heterocycles.